The van der Waals surface area contributed by atoms with E-state index in [0.717, 1.165) is 0 Å². The number of para-hydroxylation sites is 1. The number of Topliss-reactive ketones (excluding diaryl/α,β-unsaturated/α-hetero) is 1. The second-order valence-corrected chi connectivity index (χ2v) is 3.72. The van der Waals surface area contributed by atoms with Crippen molar-refractivity contribution in [2.24, 2.45) is 0 Å². The Labute approximate surface area is 104 Å². The van der Waals surface area contributed by atoms with E-state index in [9.17, 15) is 9.90 Å². The normalized spacial score (nSPS) is 10.9. The van der Waals surface area contributed by atoms with E-state index >= 15 is 0 Å². The van der Waals surface area contributed by atoms with E-state index in [1.807, 2.05) is 0 Å². The number of carbonyl (C=O) groups is 1. The lowest BCUT2D eigenvalue weighted by atomic mass is 10.1. The van der Waals surface area contributed by atoms with Crippen LogP contribution < -0.4 is 0 Å². The number of rotatable bonds is 7. The van der Waals surface area contributed by atoms with Gasteiger partial charge in [-0.1, -0.05) is 12.1 Å². The molecule has 6 heteroatoms. The van der Waals surface area contributed by atoms with E-state index in [1.165, 1.54) is 13.0 Å². The van der Waals surface area contributed by atoms with E-state index in [0.29, 0.717) is 5.56 Å². The van der Waals surface area contributed by atoms with Crippen LogP contribution in [0.2, 0.25) is 0 Å². The van der Waals surface area contributed by atoms with Gasteiger partial charge in [0, 0.05) is 5.56 Å². The average molecular weight is 256 g/mol. The van der Waals surface area contributed by atoms with E-state index in [4.69, 9.17) is 20.0 Å². The standard InChI is InChI=1S/C12H16O6/c1-8(15)11-4-2-3-9(12(11)16)7-17-18-10(5-13)6-14/h2-4,10,13-14,16H,5-7H2,1H3. The van der Waals surface area contributed by atoms with Crippen LogP contribution in [0.4, 0.5) is 0 Å². The Morgan fingerprint density at radius 2 is 2.00 bits per heavy atom. The predicted octanol–water partition coefficient (Wildman–Crippen LogP) is 0.396. The molecule has 0 spiro atoms. The highest BCUT2D eigenvalue weighted by Gasteiger charge is 2.12. The maximum atomic E-state index is 11.2. The third-order valence-electron chi connectivity index (χ3n) is 2.32. The number of aliphatic hydroxyl groups excluding tert-OH is 2. The first kappa shape index (κ1) is 14.6. The van der Waals surface area contributed by atoms with Crippen LogP contribution in [-0.2, 0) is 16.4 Å². The highest BCUT2D eigenvalue weighted by Crippen LogP contribution is 2.23. The Kier molecular flexibility index (Phi) is 5.73. The third kappa shape index (κ3) is 3.78. The molecule has 1 aromatic carbocycles. The summed E-state index contributed by atoms with van der Waals surface area (Å²) >= 11 is 0. The molecule has 1 aromatic rings. The maximum absolute atomic E-state index is 11.2. The first-order valence-corrected chi connectivity index (χ1v) is 5.42. The monoisotopic (exact) mass is 256 g/mol. The van der Waals surface area contributed by atoms with Crippen molar-refractivity contribution in [1.82, 2.24) is 0 Å². The fraction of sp³-hybridized carbons (Fsp3) is 0.417. The van der Waals surface area contributed by atoms with Crippen molar-refractivity contribution in [3.63, 3.8) is 0 Å². The summed E-state index contributed by atoms with van der Waals surface area (Å²) in [5.74, 6) is -0.406. The van der Waals surface area contributed by atoms with Gasteiger partial charge in [0.2, 0.25) is 0 Å². The molecule has 0 heterocycles. The van der Waals surface area contributed by atoms with Gasteiger partial charge in [-0.05, 0) is 13.0 Å². The van der Waals surface area contributed by atoms with Crippen LogP contribution in [0, 0.1) is 0 Å². The molecule has 0 atom stereocenters. The number of hydrogen-bond acceptors (Lipinski definition) is 6. The van der Waals surface area contributed by atoms with Crippen LogP contribution in [0.5, 0.6) is 5.75 Å². The zero-order valence-electron chi connectivity index (χ0n) is 10.00. The van der Waals surface area contributed by atoms with Crippen LogP contribution in [0.3, 0.4) is 0 Å². The van der Waals surface area contributed by atoms with E-state index in [2.05, 4.69) is 0 Å². The van der Waals surface area contributed by atoms with Gasteiger partial charge in [-0.2, -0.15) is 0 Å². The van der Waals surface area contributed by atoms with E-state index in [1.54, 1.807) is 12.1 Å². The molecule has 0 bridgehead atoms. The summed E-state index contributed by atoms with van der Waals surface area (Å²) in [5, 5.41) is 27.3. The van der Waals surface area contributed by atoms with Crippen molar-refractivity contribution in [1.29, 1.82) is 0 Å². The van der Waals surface area contributed by atoms with Crippen molar-refractivity contribution >= 4 is 5.78 Å². The Morgan fingerprint density at radius 1 is 1.33 bits per heavy atom. The molecule has 3 N–H and O–H groups in total. The lowest BCUT2D eigenvalue weighted by molar-refractivity contribution is -0.341. The molecule has 18 heavy (non-hydrogen) atoms. The lowest BCUT2D eigenvalue weighted by Crippen LogP contribution is -2.22. The molecule has 0 unspecified atom stereocenters. The molecule has 0 aromatic heterocycles. The summed E-state index contributed by atoms with van der Waals surface area (Å²) in [6, 6.07) is 4.70. The summed E-state index contributed by atoms with van der Waals surface area (Å²) in [5.41, 5.74) is 0.592. The summed E-state index contributed by atoms with van der Waals surface area (Å²) < 4.78 is 0. The smallest absolute Gasteiger partial charge is 0.163 e. The second kappa shape index (κ2) is 7.07. The van der Waals surface area contributed by atoms with Gasteiger partial charge in [0.15, 0.2) is 5.78 Å². The minimum absolute atomic E-state index is 0.0938. The first-order valence-electron chi connectivity index (χ1n) is 5.42. The fourth-order valence-electron chi connectivity index (χ4n) is 1.30. The number of carbonyl (C=O) groups excluding carboxylic acids is 1. The van der Waals surface area contributed by atoms with E-state index < -0.39 is 6.10 Å². The van der Waals surface area contributed by atoms with Crippen molar-refractivity contribution < 1.29 is 29.9 Å². The van der Waals surface area contributed by atoms with Gasteiger partial charge in [-0.15, -0.1) is 0 Å². The minimum Gasteiger partial charge on any atom is -0.507 e. The molecule has 0 saturated carbocycles. The largest absolute Gasteiger partial charge is 0.507 e. The van der Waals surface area contributed by atoms with Gasteiger partial charge in [-0.25, -0.2) is 9.78 Å². The van der Waals surface area contributed by atoms with Crippen LogP contribution in [0.25, 0.3) is 0 Å². The Morgan fingerprint density at radius 3 is 2.56 bits per heavy atom. The fourth-order valence-corrected chi connectivity index (χ4v) is 1.30. The topological polar surface area (TPSA) is 96.2 Å². The number of benzene rings is 1. The van der Waals surface area contributed by atoms with Gasteiger partial charge in [0.1, 0.15) is 18.5 Å². The van der Waals surface area contributed by atoms with Gasteiger partial charge in [-0.3, -0.25) is 4.79 Å². The molecular formula is C12H16O6. The van der Waals surface area contributed by atoms with Gasteiger partial charge in [0.25, 0.3) is 0 Å². The van der Waals surface area contributed by atoms with Crippen LogP contribution in [0.15, 0.2) is 18.2 Å². The van der Waals surface area contributed by atoms with Crippen molar-refractivity contribution in [2.75, 3.05) is 13.2 Å². The molecule has 0 radical (unpaired) electrons. The summed E-state index contributed by atoms with van der Waals surface area (Å²) in [7, 11) is 0. The Bertz CT molecular complexity index is 400. The first-order chi connectivity index (χ1) is 8.60. The zero-order chi connectivity index (χ0) is 13.5. The summed E-state index contributed by atoms with van der Waals surface area (Å²) in [6.45, 7) is 0.499. The molecule has 1 rings (SSSR count). The third-order valence-corrected chi connectivity index (χ3v) is 2.32. The van der Waals surface area contributed by atoms with Crippen LogP contribution >= 0.6 is 0 Å². The maximum Gasteiger partial charge on any atom is 0.163 e. The number of aliphatic hydroxyl groups is 2. The minimum atomic E-state index is -0.830. The van der Waals surface area contributed by atoms with Gasteiger partial charge >= 0.3 is 0 Å². The second-order valence-electron chi connectivity index (χ2n) is 3.72. The van der Waals surface area contributed by atoms with E-state index in [-0.39, 0.29) is 36.9 Å². The lowest BCUT2D eigenvalue weighted by Gasteiger charge is -2.12. The Hall–Kier alpha value is -1.47. The quantitative estimate of drug-likeness (QED) is 0.371. The molecule has 0 aliphatic carbocycles. The summed E-state index contributed by atoms with van der Waals surface area (Å²) in [6.07, 6.45) is -0.830. The van der Waals surface area contributed by atoms with Crippen molar-refractivity contribution in [2.45, 2.75) is 19.6 Å². The molecule has 0 saturated heterocycles. The number of phenolic OH excluding ortho intramolecular Hbond substituents is 1. The van der Waals surface area contributed by atoms with Crippen LogP contribution in [-0.4, -0.2) is 40.4 Å². The van der Waals surface area contributed by atoms with Crippen LogP contribution in [0.1, 0.15) is 22.8 Å². The summed E-state index contributed by atoms with van der Waals surface area (Å²) in [4.78, 5) is 20.7. The molecular weight excluding hydrogens is 240 g/mol. The number of hydrogen-bond donors (Lipinski definition) is 3. The predicted molar refractivity (Wildman–Crippen MR) is 61.9 cm³/mol. The number of phenols is 1. The number of ketones is 1. The highest BCUT2D eigenvalue weighted by molar-refractivity contribution is 5.97. The highest BCUT2D eigenvalue weighted by atomic mass is 17.2. The number of aromatic hydroxyl groups is 1. The SMILES string of the molecule is CC(=O)c1cccc(COOC(CO)CO)c1O. The van der Waals surface area contributed by atoms with Crippen molar-refractivity contribution in [3.05, 3.63) is 29.3 Å². The van der Waals surface area contributed by atoms with Crippen molar-refractivity contribution in [3.8, 4) is 5.75 Å². The molecule has 0 fully saturated rings. The Balaban J connectivity index is 2.63. The van der Waals surface area contributed by atoms with Gasteiger partial charge in [0.05, 0.1) is 18.8 Å². The molecule has 0 aliphatic heterocycles. The molecule has 100 valence electrons. The average Bonchev–Trinajstić information content (AvgIpc) is 2.36. The zero-order valence-corrected chi connectivity index (χ0v) is 10.00. The molecule has 6 nitrogen and oxygen atoms in total. The molecule has 0 amide bonds. The molecule has 0 aliphatic rings. The van der Waals surface area contributed by atoms with Gasteiger partial charge < -0.3 is 15.3 Å².